The van der Waals surface area contributed by atoms with E-state index in [2.05, 4.69) is 41.1 Å². The molecule has 0 saturated carbocycles. The molecular weight excluding hydrogens is 342 g/mol. The van der Waals surface area contributed by atoms with Crippen LogP contribution in [-0.4, -0.2) is 88.0 Å². The minimum atomic E-state index is -3.90. The molecule has 3 saturated heterocycles. The summed E-state index contributed by atoms with van der Waals surface area (Å²) in [5.74, 6) is 0. The Morgan fingerprint density at radius 3 is 1.50 bits per heavy atom. The molecule has 0 aromatic rings. The minimum absolute atomic E-state index is 2.08. The molecule has 0 aromatic carbocycles. The zero-order chi connectivity index (χ0) is 17.5. The van der Waals surface area contributed by atoms with Gasteiger partial charge in [-0.25, -0.2) is 0 Å². The van der Waals surface area contributed by atoms with Gasteiger partial charge in [0.05, 0.1) is 0 Å². The van der Waals surface area contributed by atoms with Crippen LogP contribution in [0.4, 0.5) is 0 Å². The summed E-state index contributed by atoms with van der Waals surface area (Å²) >= 11 is 0. The Balaban J connectivity index is 1.69. The number of hydrogen-bond acceptors (Lipinski definition) is 16. The van der Waals surface area contributed by atoms with Crippen molar-refractivity contribution in [3.05, 3.63) is 0 Å². The SMILES string of the molecule is OB1OB(O)O[B-](O)(OB2OB(O)O[B-]3(OB(O)OB(O)O3)O2)O1. The second-order valence-corrected chi connectivity index (χ2v) is 4.37. The van der Waals surface area contributed by atoms with Gasteiger partial charge < -0.3 is 75.9 Å². The molecule has 3 aliphatic rings. The number of hydrogen-bond donors (Lipinski definition) is 6. The van der Waals surface area contributed by atoms with Gasteiger partial charge in [0.1, 0.15) is 0 Å². The third-order valence-corrected chi connectivity index (χ3v) is 2.68. The maximum Gasteiger partial charge on any atom is 0.583 e. The molecule has 1 spiro atoms. The molecule has 0 atom stereocenters. The number of rotatable bonds is 2. The second kappa shape index (κ2) is 6.89. The normalized spacial score (nSPS) is 27.2. The van der Waals surface area contributed by atoms with Gasteiger partial charge in [0, 0.05) is 0 Å². The highest BCUT2D eigenvalue weighted by molar-refractivity contribution is 6.83. The summed E-state index contributed by atoms with van der Waals surface area (Å²) in [6.07, 6.45) is 0. The first kappa shape index (κ1) is 18.7. The van der Waals surface area contributed by atoms with Gasteiger partial charge in [-0.2, -0.15) is 0 Å². The van der Waals surface area contributed by atoms with Gasteiger partial charge >= 0.3 is 57.8 Å². The molecule has 16 nitrogen and oxygen atoms in total. The van der Waals surface area contributed by atoms with E-state index in [0.29, 0.717) is 0 Å². The van der Waals surface area contributed by atoms with Crippen LogP contribution in [0, 0.1) is 0 Å². The Morgan fingerprint density at radius 2 is 1.00 bits per heavy atom. The van der Waals surface area contributed by atoms with Crippen molar-refractivity contribution in [1.82, 2.24) is 0 Å². The molecular formula is H6B8O16-2. The van der Waals surface area contributed by atoms with Crippen molar-refractivity contribution in [3.63, 3.8) is 0 Å². The third-order valence-electron chi connectivity index (χ3n) is 2.68. The molecule has 6 N–H and O–H groups in total. The molecule has 24 heteroatoms. The third kappa shape index (κ3) is 4.34. The molecule has 0 amide bonds. The quantitative estimate of drug-likeness (QED) is 0.255. The Hall–Kier alpha value is -0.121. The van der Waals surface area contributed by atoms with E-state index in [1.165, 1.54) is 0 Å². The fourth-order valence-electron chi connectivity index (χ4n) is 1.84. The predicted octanol–water partition coefficient (Wildman–Crippen LogP) is -7.07. The van der Waals surface area contributed by atoms with Gasteiger partial charge in [-0.05, 0) is 0 Å². The summed E-state index contributed by atoms with van der Waals surface area (Å²) in [7, 11) is -12.7. The predicted molar refractivity (Wildman–Crippen MR) is 70.2 cm³/mol. The van der Waals surface area contributed by atoms with Crippen LogP contribution in [-0.2, 0) is 45.7 Å². The van der Waals surface area contributed by atoms with Gasteiger partial charge in [-0.15, -0.1) is 0 Å². The molecule has 0 radical (unpaired) electrons. The largest absolute Gasteiger partial charge is 0.583 e. The summed E-state index contributed by atoms with van der Waals surface area (Å²) in [5, 5.41) is 56.0. The van der Waals surface area contributed by atoms with Gasteiger partial charge in [0.2, 0.25) is 0 Å². The van der Waals surface area contributed by atoms with Crippen molar-refractivity contribution in [1.29, 1.82) is 0 Å². The molecule has 0 aliphatic carbocycles. The minimum Gasteiger partial charge on any atom is -0.541 e. The van der Waals surface area contributed by atoms with E-state index in [1.54, 1.807) is 0 Å². The molecule has 3 heterocycles. The maximum absolute atomic E-state index is 9.86. The van der Waals surface area contributed by atoms with E-state index in [9.17, 15) is 20.1 Å². The van der Waals surface area contributed by atoms with E-state index in [-0.39, 0.29) is 0 Å². The first-order chi connectivity index (χ1) is 11.2. The lowest BCUT2D eigenvalue weighted by Gasteiger charge is -2.52. The molecule has 0 unspecified atom stereocenters. The van der Waals surface area contributed by atoms with Crippen LogP contribution < -0.4 is 0 Å². The van der Waals surface area contributed by atoms with Crippen LogP contribution in [0.1, 0.15) is 0 Å². The Morgan fingerprint density at radius 1 is 0.583 bits per heavy atom. The summed E-state index contributed by atoms with van der Waals surface area (Å²) in [6, 6.07) is 0. The van der Waals surface area contributed by atoms with Crippen LogP contribution in [0.5, 0.6) is 0 Å². The van der Waals surface area contributed by atoms with Crippen LogP contribution in [0.15, 0.2) is 0 Å². The first-order valence-electron chi connectivity index (χ1n) is 6.26. The van der Waals surface area contributed by atoms with E-state index in [0.717, 1.165) is 0 Å². The van der Waals surface area contributed by atoms with E-state index in [1.807, 2.05) is 0 Å². The van der Waals surface area contributed by atoms with E-state index in [4.69, 9.17) is 14.6 Å². The van der Waals surface area contributed by atoms with Gasteiger partial charge in [-0.1, -0.05) is 0 Å². The maximum atomic E-state index is 9.86. The monoisotopic (exact) mass is 350 g/mol. The highest BCUT2D eigenvalue weighted by Gasteiger charge is 2.56. The zero-order valence-electron chi connectivity index (χ0n) is 11.4. The topological polar surface area (TPSA) is 214 Å². The highest BCUT2D eigenvalue weighted by atomic mass is 17.0. The van der Waals surface area contributed by atoms with Crippen LogP contribution in [0.3, 0.4) is 0 Å². The Kier molecular flexibility index (Phi) is 5.36. The van der Waals surface area contributed by atoms with E-state index < -0.39 is 57.8 Å². The summed E-state index contributed by atoms with van der Waals surface area (Å²) in [4.78, 5) is 0. The molecule has 0 bridgehead atoms. The average Bonchev–Trinajstić information content (AvgIpc) is 2.32. The first-order valence-corrected chi connectivity index (χ1v) is 6.26. The lowest BCUT2D eigenvalue weighted by molar-refractivity contribution is 0.0000730. The molecule has 3 aliphatic heterocycles. The van der Waals surface area contributed by atoms with Crippen molar-refractivity contribution in [2.24, 2.45) is 0 Å². The van der Waals surface area contributed by atoms with Crippen molar-refractivity contribution >= 4 is 57.8 Å². The lowest BCUT2D eigenvalue weighted by atomic mass is 9.82. The highest BCUT2D eigenvalue weighted by Crippen LogP contribution is 2.26. The summed E-state index contributed by atoms with van der Waals surface area (Å²) < 4.78 is 45.1. The Labute approximate surface area is 134 Å². The molecule has 3 rings (SSSR count). The second-order valence-electron chi connectivity index (χ2n) is 4.37. The van der Waals surface area contributed by atoms with Crippen LogP contribution in [0.25, 0.3) is 0 Å². The molecule has 24 heavy (non-hydrogen) atoms. The van der Waals surface area contributed by atoms with Crippen LogP contribution in [0.2, 0.25) is 0 Å². The van der Waals surface area contributed by atoms with Crippen molar-refractivity contribution in [2.75, 3.05) is 0 Å². The molecule has 128 valence electrons. The zero-order valence-corrected chi connectivity index (χ0v) is 11.4. The fraction of sp³-hybridized carbons (Fsp3) is 0. The average molecular weight is 349 g/mol. The van der Waals surface area contributed by atoms with Crippen molar-refractivity contribution < 1.29 is 75.9 Å². The summed E-state index contributed by atoms with van der Waals surface area (Å²) in [6.45, 7) is -7.44. The van der Waals surface area contributed by atoms with E-state index >= 15 is 0 Å². The van der Waals surface area contributed by atoms with Gasteiger partial charge in [0.15, 0.2) is 0 Å². The smallest absolute Gasteiger partial charge is 0.541 e. The van der Waals surface area contributed by atoms with Crippen LogP contribution >= 0.6 is 0 Å². The summed E-state index contributed by atoms with van der Waals surface area (Å²) in [5.41, 5.74) is 0. The molecule has 3 fully saturated rings. The lowest BCUT2D eigenvalue weighted by Crippen LogP contribution is -2.71. The van der Waals surface area contributed by atoms with Crippen molar-refractivity contribution in [2.45, 2.75) is 0 Å². The van der Waals surface area contributed by atoms with Gasteiger partial charge in [0.25, 0.3) is 0 Å². The fourth-order valence-corrected chi connectivity index (χ4v) is 1.84. The van der Waals surface area contributed by atoms with Crippen molar-refractivity contribution in [3.8, 4) is 0 Å². The van der Waals surface area contributed by atoms with Gasteiger partial charge in [-0.3, -0.25) is 0 Å². The molecule has 0 aromatic heterocycles. The Bertz CT molecular complexity index is 416. The standard InChI is InChI=1S/B8H6O16/c9-1-15-2(10)19-7(14,18-1)23-6-17-5(13)22-8(24-6)20-3(11)16-4(12)21-8/h9-14H/q-2.